The van der Waals surface area contributed by atoms with E-state index in [0.29, 0.717) is 6.61 Å². The highest BCUT2D eigenvalue weighted by Crippen LogP contribution is 2.32. The first kappa shape index (κ1) is 17.4. The van der Waals surface area contributed by atoms with Gasteiger partial charge >= 0.3 is 0 Å². The van der Waals surface area contributed by atoms with Crippen LogP contribution in [0.5, 0.6) is 5.75 Å². The fraction of sp³-hybridized carbons (Fsp3) is 0.400. The lowest BCUT2D eigenvalue weighted by Crippen LogP contribution is -2.23. The Hall–Kier alpha value is -2.40. The number of para-hydroxylation sites is 1. The normalized spacial score (nSPS) is 13.8. The van der Waals surface area contributed by atoms with E-state index in [9.17, 15) is 0 Å². The molecule has 2 atom stereocenters. The molecule has 0 spiro atoms. The predicted octanol–water partition coefficient (Wildman–Crippen LogP) is 4.65. The van der Waals surface area contributed by atoms with Gasteiger partial charge in [-0.3, -0.25) is 0 Å². The van der Waals surface area contributed by atoms with Crippen molar-refractivity contribution in [3.05, 3.63) is 53.3 Å². The molecule has 0 saturated carbocycles. The molecule has 3 rings (SSSR count). The molecule has 0 fully saturated rings. The number of nitrogens with one attached hydrogen (secondary N) is 1. The molecule has 3 aromatic rings. The van der Waals surface area contributed by atoms with Crippen molar-refractivity contribution < 1.29 is 9.15 Å². The van der Waals surface area contributed by atoms with Crippen LogP contribution in [-0.2, 0) is 0 Å². The Balaban J connectivity index is 1.82. The first-order chi connectivity index (χ1) is 12.0. The molecule has 132 valence electrons. The van der Waals surface area contributed by atoms with E-state index in [4.69, 9.17) is 9.15 Å². The number of hydrogen-bond donors (Lipinski definition) is 1. The summed E-state index contributed by atoms with van der Waals surface area (Å²) in [7, 11) is 0. The number of aryl methyl sites for hydroxylation is 2. The fourth-order valence-electron chi connectivity index (χ4n) is 3.10. The maximum Gasteiger partial charge on any atom is 0.176 e. The molecule has 5 nitrogen and oxygen atoms in total. The number of furan rings is 1. The molecule has 1 N–H and O–H groups in total. The van der Waals surface area contributed by atoms with Crippen LogP contribution in [0.3, 0.4) is 0 Å². The molecule has 1 aromatic carbocycles. The quantitative estimate of drug-likeness (QED) is 0.708. The van der Waals surface area contributed by atoms with Gasteiger partial charge in [0.1, 0.15) is 11.6 Å². The molecule has 2 aromatic heterocycles. The second-order valence-electron chi connectivity index (χ2n) is 6.32. The number of benzene rings is 1. The van der Waals surface area contributed by atoms with Crippen LogP contribution >= 0.6 is 0 Å². The molecule has 25 heavy (non-hydrogen) atoms. The van der Waals surface area contributed by atoms with E-state index in [-0.39, 0.29) is 12.1 Å². The molecule has 2 heterocycles. The van der Waals surface area contributed by atoms with Gasteiger partial charge in [0.25, 0.3) is 0 Å². The SMILES string of the molecule is CCOc1cccc2cc([C@H](C)N[C@H](C)c3cnc(C)nc3C)oc12. The highest BCUT2D eigenvalue weighted by Gasteiger charge is 2.18. The van der Waals surface area contributed by atoms with Crippen LogP contribution in [0, 0.1) is 13.8 Å². The van der Waals surface area contributed by atoms with Crippen molar-refractivity contribution in [1.82, 2.24) is 15.3 Å². The van der Waals surface area contributed by atoms with Gasteiger partial charge in [-0.05, 0) is 46.8 Å². The van der Waals surface area contributed by atoms with Crippen LogP contribution in [0.1, 0.15) is 55.7 Å². The number of aromatic nitrogens is 2. The summed E-state index contributed by atoms with van der Waals surface area (Å²) >= 11 is 0. The molecule has 0 saturated heterocycles. The van der Waals surface area contributed by atoms with E-state index in [1.165, 1.54) is 0 Å². The van der Waals surface area contributed by atoms with E-state index < -0.39 is 0 Å². The summed E-state index contributed by atoms with van der Waals surface area (Å²) in [5.41, 5.74) is 2.90. The van der Waals surface area contributed by atoms with Crippen LogP contribution in [0.2, 0.25) is 0 Å². The molecule has 0 aliphatic carbocycles. The van der Waals surface area contributed by atoms with Gasteiger partial charge in [-0.25, -0.2) is 9.97 Å². The molecule has 0 aliphatic rings. The predicted molar refractivity (Wildman–Crippen MR) is 98.9 cm³/mol. The summed E-state index contributed by atoms with van der Waals surface area (Å²) in [5.74, 6) is 2.47. The Morgan fingerprint density at radius 3 is 2.72 bits per heavy atom. The van der Waals surface area contributed by atoms with Crippen molar-refractivity contribution in [3.63, 3.8) is 0 Å². The summed E-state index contributed by atoms with van der Waals surface area (Å²) in [6, 6.07) is 8.21. The second-order valence-corrected chi connectivity index (χ2v) is 6.32. The fourth-order valence-corrected chi connectivity index (χ4v) is 3.10. The average molecular weight is 339 g/mol. The zero-order chi connectivity index (χ0) is 18.0. The largest absolute Gasteiger partial charge is 0.490 e. The summed E-state index contributed by atoms with van der Waals surface area (Å²) in [6.45, 7) is 10.7. The molecular weight excluding hydrogens is 314 g/mol. The zero-order valence-corrected chi connectivity index (χ0v) is 15.5. The first-order valence-electron chi connectivity index (χ1n) is 8.71. The first-order valence-corrected chi connectivity index (χ1v) is 8.71. The summed E-state index contributed by atoms with van der Waals surface area (Å²) in [5, 5.41) is 4.62. The van der Waals surface area contributed by atoms with Crippen LogP contribution in [0.25, 0.3) is 11.0 Å². The minimum absolute atomic E-state index is 0.0533. The summed E-state index contributed by atoms with van der Waals surface area (Å²) in [6.07, 6.45) is 1.90. The molecule has 0 bridgehead atoms. The van der Waals surface area contributed by atoms with E-state index in [0.717, 1.165) is 39.6 Å². The number of hydrogen-bond acceptors (Lipinski definition) is 5. The minimum atomic E-state index is 0.0533. The highest BCUT2D eigenvalue weighted by atomic mass is 16.5. The van der Waals surface area contributed by atoms with Gasteiger partial charge in [-0.1, -0.05) is 12.1 Å². The number of rotatable bonds is 6. The van der Waals surface area contributed by atoms with Crippen LogP contribution in [0.4, 0.5) is 0 Å². The molecule has 0 radical (unpaired) electrons. The Labute approximate surface area is 148 Å². The average Bonchev–Trinajstić information content (AvgIpc) is 3.00. The van der Waals surface area contributed by atoms with Crippen molar-refractivity contribution >= 4 is 11.0 Å². The van der Waals surface area contributed by atoms with E-state index in [2.05, 4.69) is 35.2 Å². The van der Waals surface area contributed by atoms with Gasteiger partial charge < -0.3 is 14.5 Å². The van der Waals surface area contributed by atoms with Crippen LogP contribution in [0.15, 0.2) is 34.9 Å². The second kappa shape index (κ2) is 7.23. The van der Waals surface area contributed by atoms with Gasteiger partial charge in [0.15, 0.2) is 11.3 Å². The van der Waals surface area contributed by atoms with Crippen LogP contribution in [-0.4, -0.2) is 16.6 Å². The maximum atomic E-state index is 6.08. The Kier molecular flexibility index (Phi) is 5.04. The topological polar surface area (TPSA) is 60.2 Å². The van der Waals surface area contributed by atoms with Crippen molar-refractivity contribution in [2.75, 3.05) is 6.61 Å². The number of nitrogens with zero attached hydrogens (tertiary/aromatic N) is 2. The molecule has 0 unspecified atom stereocenters. The maximum absolute atomic E-state index is 6.08. The lowest BCUT2D eigenvalue weighted by molar-refractivity contribution is 0.335. The lowest BCUT2D eigenvalue weighted by Gasteiger charge is -2.20. The van der Waals surface area contributed by atoms with Crippen molar-refractivity contribution in [1.29, 1.82) is 0 Å². The highest BCUT2D eigenvalue weighted by molar-refractivity contribution is 5.83. The zero-order valence-electron chi connectivity index (χ0n) is 15.5. The Morgan fingerprint density at radius 2 is 2.00 bits per heavy atom. The Morgan fingerprint density at radius 1 is 1.20 bits per heavy atom. The Bertz CT molecular complexity index is 873. The smallest absolute Gasteiger partial charge is 0.176 e. The number of fused-ring (bicyclic) bond motifs is 1. The van der Waals surface area contributed by atoms with Crippen molar-refractivity contribution in [2.45, 2.75) is 46.7 Å². The minimum Gasteiger partial charge on any atom is -0.490 e. The van der Waals surface area contributed by atoms with Crippen molar-refractivity contribution in [2.24, 2.45) is 0 Å². The van der Waals surface area contributed by atoms with E-state index in [1.54, 1.807) is 0 Å². The monoisotopic (exact) mass is 339 g/mol. The summed E-state index contributed by atoms with van der Waals surface area (Å²) < 4.78 is 11.7. The van der Waals surface area contributed by atoms with Gasteiger partial charge in [-0.15, -0.1) is 0 Å². The number of ether oxygens (including phenoxy) is 1. The standard InChI is InChI=1S/C20H25N3O2/c1-6-24-18-9-7-8-16-10-19(25-20(16)18)14(4)22-12(2)17-11-21-15(5)23-13(17)3/h7-12,14,22H,6H2,1-5H3/t12-,14+/m1/s1. The molecular formula is C20H25N3O2. The molecule has 0 aliphatic heterocycles. The van der Waals surface area contributed by atoms with Crippen LogP contribution < -0.4 is 10.1 Å². The third-order valence-electron chi connectivity index (χ3n) is 4.36. The van der Waals surface area contributed by atoms with Gasteiger partial charge in [0.05, 0.1) is 12.6 Å². The van der Waals surface area contributed by atoms with Gasteiger partial charge in [0.2, 0.25) is 0 Å². The molecule has 0 amide bonds. The van der Waals surface area contributed by atoms with Gasteiger partial charge in [-0.2, -0.15) is 0 Å². The third-order valence-corrected chi connectivity index (χ3v) is 4.36. The van der Waals surface area contributed by atoms with Crippen molar-refractivity contribution in [3.8, 4) is 5.75 Å². The van der Waals surface area contributed by atoms with E-state index >= 15 is 0 Å². The summed E-state index contributed by atoms with van der Waals surface area (Å²) in [4.78, 5) is 8.77. The molecule has 5 heteroatoms. The van der Waals surface area contributed by atoms with Gasteiger partial charge in [0, 0.05) is 28.9 Å². The third kappa shape index (κ3) is 3.66. The lowest BCUT2D eigenvalue weighted by atomic mass is 10.1. The van der Waals surface area contributed by atoms with E-state index in [1.807, 2.05) is 45.2 Å².